The SMILES string of the molecule is CC(C)(N)CCc1nc(-c2ccc3nccnc3c2)no1. The molecule has 0 radical (unpaired) electrons. The minimum Gasteiger partial charge on any atom is -0.339 e. The van der Waals surface area contributed by atoms with Gasteiger partial charge in [0.25, 0.3) is 0 Å². The quantitative estimate of drug-likeness (QED) is 0.790. The van der Waals surface area contributed by atoms with Crippen LogP contribution in [0.2, 0.25) is 0 Å². The van der Waals surface area contributed by atoms with E-state index in [1.165, 1.54) is 0 Å². The number of aromatic nitrogens is 4. The first-order valence-electron chi connectivity index (χ1n) is 6.84. The largest absolute Gasteiger partial charge is 0.339 e. The molecule has 2 heterocycles. The maximum absolute atomic E-state index is 5.96. The molecule has 0 aliphatic carbocycles. The van der Waals surface area contributed by atoms with Crippen LogP contribution >= 0.6 is 0 Å². The maximum atomic E-state index is 5.96. The third kappa shape index (κ3) is 3.22. The van der Waals surface area contributed by atoms with E-state index in [0.717, 1.165) is 23.0 Å². The summed E-state index contributed by atoms with van der Waals surface area (Å²) in [7, 11) is 0. The second-order valence-electron chi connectivity index (χ2n) is 5.76. The smallest absolute Gasteiger partial charge is 0.227 e. The van der Waals surface area contributed by atoms with E-state index in [2.05, 4.69) is 20.1 Å². The van der Waals surface area contributed by atoms with E-state index in [1.54, 1.807) is 12.4 Å². The van der Waals surface area contributed by atoms with Gasteiger partial charge in [-0.1, -0.05) is 5.16 Å². The molecule has 0 unspecified atom stereocenters. The van der Waals surface area contributed by atoms with Crippen molar-refractivity contribution in [2.24, 2.45) is 5.73 Å². The summed E-state index contributed by atoms with van der Waals surface area (Å²) >= 11 is 0. The lowest BCUT2D eigenvalue weighted by atomic mass is 10.0. The molecule has 2 aromatic heterocycles. The Hall–Kier alpha value is -2.34. The third-order valence-electron chi connectivity index (χ3n) is 3.18. The Morgan fingerprint density at radius 2 is 1.90 bits per heavy atom. The molecule has 0 spiro atoms. The average Bonchev–Trinajstić information content (AvgIpc) is 2.93. The predicted octanol–water partition coefficient (Wildman–Crippen LogP) is 2.35. The van der Waals surface area contributed by atoms with E-state index in [4.69, 9.17) is 10.3 Å². The highest BCUT2D eigenvalue weighted by Gasteiger charge is 2.15. The molecule has 0 saturated heterocycles. The first-order chi connectivity index (χ1) is 10.0. The van der Waals surface area contributed by atoms with Crippen molar-refractivity contribution in [2.45, 2.75) is 32.2 Å². The van der Waals surface area contributed by atoms with Crippen LogP contribution in [0, 0.1) is 0 Å². The van der Waals surface area contributed by atoms with Crippen LogP contribution < -0.4 is 5.73 Å². The van der Waals surface area contributed by atoms with Crippen LogP contribution in [0.5, 0.6) is 0 Å². The molecule has 6 heteroatoms. The summed E-state index contributed by atoms with van der Waals surface area (Å²) in [6.45, 7) is 3.96. The van der Waals surface area contributed by atoms with Crippen LogP contribution in [0.1, 0.15) is 26.2 Å². The predicted molar refractivity (Wildman–Crippen MR) is 79.4 cm³/mol. The standard InChI is InChI=1S/C15H17N5O/c1-15(2,16)6-5-13-19-14(20-21-13)10-3-4-11-12(9-10)18-8-7-17-11/h3-4,7-9H,5-6,16H2,1-2H3. The molecule has 21 heavy (non-hydrogen) atoms. The van der Waals surface area contributed by atoms with E-state index in [0.29, 0.717) is 18.1 Å². The molecule has 0 fully saturated rings. The van der Waals surface area contributed by atoms with Crippen molar-refractivity contribution in [2.75, 3.05) is 0 Å². The number of rotatable bonds is 4. The van der Waals surface area contributed by atoms with Crippen molar-refractivity contribution in [3.8, 4) is 11.4 Å². The first kappa shape index (κ1) is 13.6. The number of hydrogen-bond acceptors (Lipinski definition) is 6. The molecule has 0 aliphatic heterocycles. The minimum absolute atomic E-state index is 0.243. The van der Waals surface area contributed by atoms with Crippen LogP contribution in [-0.4, -0.2) is 25.6 Å². The lowest BCUT2D eigenvalue weighted by molar-refractivity contribution is 0.358. The number of benzene rings is 1. The Balaban J connectivity index is 1.84. The monoisotopic (exact) mass is 283 g/mol. The fourth-order valence-electron chi connectivity index (χ4n) is 2.01. The topological polar surface area (TPSA) is 90.7 Å². The van der Waals surface area contributed by atoms with Gasteiger partial charge in [0.2, 0.25) is 11.7 Å². The van der Waals surface area contributed by atoms with Crippen LogP contribution in [0.25, 0.3) is 22.4 Å². The first-order valence-corrected chi connectivity index (χ1v) is 6.84. The summed E-state index contributed by atoms with van der Waals surface area (Å²) in [5.74, 6) is 1.16. The Morgan fingerprint density at radius 3 is 2.67 bits per heavy atom. The summed E-state index contributed by atoms with van der Waals surface area (Å²) in [6, 6.07) is 5.72. The Labute approximate surface area is 122 Å². The number of nitrogens with zero attached hydrogens (tertiary/aromatic N) is 4. The average molecular weight is 283 g/mol. The van der Waals surface area contributed by atoms with Gasteiger partial charge in [-0.3, -0.25) is 9.97 Å². The third-order valence-corrected chi connectivity index (χ3v) is 3.18. The summed E-state index contributed by atoms with van der Waals surface area (Å²) in [5.41, 5.74) is 8.23. The normalized spacial score (nSPS) is 12.0. The Kier molecular flexibility index (Phi) is 3.39. The van der Waals surface area contributed by atoms with Gasteiger partial charge in [-0.2, -0.15) is 4.98 Å². The molecule has 0 bridgehead atoms. The van der Waals surface area contributed by atoms with E-state index in [1.807, 2.05) is 32.0 Å². The molecule has 0 atom stereocenters. The van der Waals surface area contributed by atoms with Crippen molar-refractivity contribution in [1.29, 1.82) is 0 Å². The molecule has 3 rings (SSSR count). The van der Waals surface area contributed by atoms with E-state index in [-0.39, 0.29) is 5.54 Å². The maximum Gasteiger partial charge on any atom is 0.227 e. The second kappa shape index (κ2) is 5.21. The molecule has 6 nitrogen and oxygen atoms in total. The summed E-state index contributed by atoms with van der Waals surface area (Å²) < 4.78 is 5.27. The number of hydrogen-bond donors (Lipinski definition) is 1. The highest BCUT2D eigenvalue weighted by molar-refractivity contribution is 5.79. The molecule has 0 amide bonds. The van der Waals surface area contributed by atoms with E-state index >= 15 is 0 Å². The number of fused-ring (bicyclic) bond motifs is 1. The second-order valence-corrected chi connectivity index (χ2v) is 5.76. The molecule has 0 aliphatic rings. The Morgan fingerprint density at radius 1 is 1.14 bits per heavy atom. The molecule has 2 N–H and O–H groups in total. The van der Waals surface area contributed by atoms with Gasteiger partial charge in [-0.15, -0.1) is 0 Å². The molecule has 3 aromatic rings. The van der Waals surface area contributed by atoms with Crippen LogP contribution in [-0.2, 0) is 6.42 Å². The molecular formula is C15H17N5O. The van der Waals surface area contributed by atoms with Gasteiger partial charge in [0.1, 0.15) is 0 Å². The van der Waals surface area contributed by atoms with Gasteiger partial charge in [0, 0.05) is 29.9 Å². The summed E-state index contributed by atoms with van der Waals surface area (Å²) in [4.78, 5) is 12.9. The number of aryl methyl sites for hydroxylation is 1. The molecule has 108 valence electrons. The molecule has 1 aromatic carbocycles. The highest BCUT2D eigenvalue weighted by Crippen LogP contribution is 2.20. The Bertz CT molecular complexity index is 760. The van der Waals surface area contributed by atoms with Gasteiger partial charge in [0.15, 0.2) is 0 Å². The van der Waals surface area contributed by atoms with Crippen molar-refractivity contribution >= 4 is 11.0 Å². The zero-order chi connectivity index (χ0) is 14.9. The van der Waals surface area contributed by atoms with Gasteiger partial charge in [0.05, 0.1) is 11.0 Å². The molecular weight excluding hydrogens is 266 g/mol. The molecule has 0 saturated carbocycles. The fraction of sp³-hybridized carbons (Fsp3) is 0.333. The van der Waals surface area contributed by atoms with Crippen molar-refractivity contribution in [3.05, 3.63) is 36.5 Å². The summed E-state index contributed by atoms with van der Waals surface area (Å²) in [6.07, 6.45) is 4.79. The van der Waals surface area contributed by atoms with Crippen molar-refractivity contribution in [3.63, 3.8) is 0 Å². The van der Waals surface area contributed by atoms with Gasteiger partial charge in [-0.05, 0) is 38.5 Å². The summed E-state index contributed by atoms with van der Waals surface area (Å²) in [5, 5.41) is 4.02. The van der Waals surface area contributed by atoms with Gasteiger partial charge < -0.3 is 10.3 Å². The zero-order valence-electron chi connectivity index (χ0n) is 12.1. The van der Waals surface area contributed by atoms with Crippen molar-refractivity contribution < 1.29 is 4.52 Å². The van der Waals surface area contributed by atoms with Crippen molar-refractivity contribution in [1.82, 2.24) is 20.1 Å². The zero-order valence-corrected chi connectivity index (χ0v) is 12.1. The van der Waals surface area contributed by atoms with Gasteiger partial charge >= 0.3 is 0 Å². The highest BCUT2D eigenvalue weighted by atomic mass is 16.5. The lowest BCUT2D eigenvalue weighted by Gasteiger charge is -2.16. The van der Waals surface area contributed by atoms with Crippen LogP contribution in [0.4, 0.5) is 0 Å². The van der Waals surface area contributed by atoms with Gasteiger partial charge in [-0.25, -0.2) is 0 Å². The lowest BCUT2D eigenvalue weighted by Crippen LogP contribution is -2.32. The van der Waals surface area contributed by atoms with E-state index < -0.39 is 0 Å². The van der Waals surface area contributed by atoms with E-state index in [9.17, 15) is 0 Å². The fourth-order valence-corrected chi connectivity index (χ4v) is 2.01. The van der Waals surface area contributed by atoms with Crippen LogP contribution in [0.15, 0.2) is 35.1 Å². The van der Waals surface area contributed by atoms with Crippen LogP contribution in [0.3, 0.4) is 0 Å². The number of nitrogens with two attached hydrogens (primary N) is 1. The minimum atomic E-state index is -0.243.